The van der Waals surface area contributed by atoms with Gasteiger partial charge in [-0.2, -0.15) is 12.6 Å². The summed E-state index contributed by atoms with van der Waals surface area (Å²) in [5, 5.41) is 11.7. The smallest absolute Gasteiger partial charge is 0.310 e. The van der Waals surface area contributed by atoms with Gasteiger partial charge in [0.1, 0.15) is 0 Å². The normalized spacial score (nSPS) is 12.5. The zero-order chi connectivity index (χ0) is 14.5. The topological polar surface area (TPSA) is 66.4 Å². The molecular formula is C14H25NO3S. The molecule has 0 radical (unpaired) electrons. The third-order valence-electron chi connectivity index (χ3n) is 2.75. The molecule has 0 aromatic rings. The molecule has 0 aliphatic rings. The molecule has 19 heavy (non-hydrogen) atoms. The number of allylic oxidation sites excluding steroid dienone is 1. The summed E-state index contributed by atoms with van der Waals surface area (Å²) in [7, 11) is 0. The molecule has 0 fully saturated rings. The molecule has 1 atom stereocenters. The Morgan fingerprint density at radius 2 is 2.05 bits per heavy atom. The molecule has 110 valence electrons. The van der Waals surface area contributed by atoms with Crippen LogP contribution >= 0.6 is 12.6 Å². The molecule has 1 unspecified atom stereocenters. The Labute approximate surface area is 121 Å². The number of hydrogen-bond acceptors (Lipinski definition) is 3. The first-order chi connectivity index (χ1) is 9.11. The van der Waals surface area contributed by atoms with Crippen LogP contribution in [0.2, 0.25) is 0 Å². The quantitative estimate of drug-likeness (QED) is 0.311. The maximum Gasteiger partial charge on any atom is 0.310 e. The number of amides is 1. The Hall–Kier alpha value is -0.970. The number of carboxylic acids is 1. The molecular weight excluding hydrogens is 262 g/mol. The summed E-state index contributed by atoms with van der Waals surface area (Å²) in [5.41, 5.74) is 0. The first-order valence-electron chi connectivity index (χ1n) is 6.88. The molecule has 0 rings (SSSR count). The third kappa shape index (κ3) is 10.6. The molecule has 0 bridgehead atoms. The van der Waals surface area contributed by atoms with Crippen LogP contribution in [-0.4, -0.2) is 29.3 Å². The first kappa shape index (κ1) is 18.0. The van der Waals surface area contributed by atoms with Crippen molar-refractivity contribution < 1.29 is 14.7 Å². The van der Waals surface area contributed by atoms with Gasteiger partial charge in [0.2, 0.25) is 5.91 Å². The molecule has 0 saturated carbocycles. The van der Waals surface area contributed by atoms with E-state index in [0.717, 1.165) is 12.8 Å². The van der Waals surface area contributed by atoms with Crippen molar-refractivity contribution in [3.05, 3.63) is 12.2 Å². The predicted octanol–water partition coefficient (Wildman–Crippen LogP) is 2.65. The van der Waals surface area contributed by atoms with E-state index < -0.39 is 11.9 Å². The Morgan fingerprint density at radius 3 is 2.63 bits per heavy atom. The molecule has 1 amide bonds. The van der Waals surface area contributed by atoms with Crippen LogP contribution in [0.15, 0.2) is 12.2 Å². The minimum absolute atomic E-state index is 0.00539. The largest absolute Gasteiger partial charge is 0.481 e. The number of aliphatic carboxylic acids is 1. The van der Waals surface area contributed by atoms with Gasteiger partial charge in [-0.15, -0.1) is 0 Å². The lowest BCUT2D eigenvalue weighted by Gasteiger charge is -2.08. The van der Waals surface area contributed by atoms with Crippen LogP contribution in [0, 0.1) is 5.92 Å². The second kappa shape index (κ2) is 12.1. The van der Waals surface area contributed by atoms with Gasteiger partial charge in [0, 0.05) is 18.7 Å². The number of nitrogens with one attached hydrogen (secondary N) is 1. The fraction of sp³-hybridized carbons (Fsp3) is 0.714. The van der Waals surface area contributed by atoms with Crippen molar-refractivity contribution in [2.75, 3.05) is 12.3 Å². The van der Waals surface area contributed by atoms with E-state index in [1.165, 1.54) is 19.3 Å². The minimum atomic E-state index is -0.953. The van der Waals surface area contributed by atoms with Crippen LogP contribution in [0.4, 0.5) is 0 Å². The monoisotopic (exact) mass is 287 g/mol. The molecule has 2 N–H and O–H groups in total. The third-order valence-corrected chi connectivity index (χ3v) is 2.97. The summed E-state index contributed by atoms with van der Waals surface area (Å²) in [4.78, 5) is 22.5. The van der Waals surface area contributed by atoms with Gasteiger partial charge in [-0.25, -0.2) is 0 Å². The van der Waals surface area contributed by atoms with Gasteiger partial charge in [0.05, 0.1) is 5.92 Å². The molecule has 0 spiro atoms. The lowest BCUT2D eigenvalue weighted by atomic mass is 10.0. The number of carbonyl (C=O) groups is 2. The van der Waals surface area contributed by atoms with Crippen molar-refractivity contribution in [1.82, 2.24) is 5.32 Å². The maximum absolute atomic E-state index is 11.4. The summed E-state index contributed by atoms with van der Waals surface area (Å²) in [6.07, 6.45) is 9.02. The average molecular weight is 287 g/mol. The number of hydrogen-bond donors (Lipinski definition) is 3. The summed E-state index contributed by atoms with van der Waals surface area (Å²) >= 11 is 3.98. The number of carboxylic acid groups (broad SMARTS) is 1. The predicted molar refractivity (Wildman–Crippen MR) is 80.5 cm³/mol. The average Bonchev–Trinajstić information content (AvgIpc) is 2.38. The second-order valence-corrected chi connectivity index (χ2v) is 4.95. The van der Waals surface area contributed by atoms with Gasteiger partial charge in [0.15, 0.2) is 0 Å². The van der Waals surface area contributed by atoms with Crippen molar-refractivity contribution in [1.29, 1.82) is 0 Å². The molecule has 0 aliphatic carbocycles. The van der Waals surface area contributed by atoms with Crippen LogP contribution in [0.1, 0.15) is 45.4 Å². The lowest BCUT2D eigenvalue weighted by molar-refractivity contribution is -0.142. The Kier molecular flexibility index (Phi) is 11.5. The van der Waals surface area contributed by atoms with Gasteiger partial charge in [-0.1, -0.05) is 38.3 Å². The van der Waals surface area contributed by atoms with E-state index in [9.17, 15) is 9.59 Å². The highest BCUT2D eigenvalue weighted by atomic mass is 32.1. The van der Waals surface area contributed by atoms with Crippen molar-refractivity contribution in [3.8, 4) is 0 Å². The van der Waals surface area contributed by atoms with E-state index >= 15 is 0 Å². The fourth-order valence-corrected chi connectivity index (χ4v) is 1.77. The highest BCUT2D eigenvalue weighted by Gasteiger charge is 2.17. The van der Waals surface area contributed by atoms with Gasteiger partial charge >= 0.3 is 5.97 Å². The van der Waals surface area contributed by atoms with Crippen LogP contribution in [0.3, 0.4) is 0 Å². The molecule has 0 aromatic heterocycles. The number of thiol groups is 1. The Bertz CT molecular complexity index is 292. The van der Waals surface area contributed by atoms with Crippen molar-refractivity contribution in [3.63, 3.8) is 0 Å². The van der Waals surface area contributed by atoms with Crippen LogP contribution in [0.25, 0.3) is 0 Å². The van der Waals surface area contributed by atoms with E-state index in [0.29, 0.717) is 12.3 Å². The van der Waals surface area contributed by atoms with E-state index in [1.807, 2.05) is 6.08 Å². The Morgan fingerprint density at radius 1 is 1.32 bits per heavy atom. The molecule has 0 heterocycles. The van der Waals surface area contributed by atoms with Gasteiger partial charge in [0.25, 0.3) is 0 Å². The highest BCUT2D eigenvalue weighted by Crippen LogP contribution is 2.09. The van der Waals surface area contributed by atoms with Crippen molar-refractivity contribution in [2.24, 2.45) is 5.92 Å². The first-order valence-corrected chi connectivity index (χ1v) is 7.52. The molecule has 5 heteroatoms. The SMILES string of the molecule is CCCCCCC=CC(CC(=O)NCCS)C(=O)O. The van der Waals surface area contributed by atoms with Gasteiger partial charge in [-0.05, 0) is 12.8 Å². The molecule has 0 saturated heterocycles. The molecule has 4 nitrogen and oxygen atoms in total. The number of rotatable bonds is 11. The molecule has 0 aromatic carbocycles. The van der Waals surface area contributed by atoms with Crippen LogP contribution < -0.4 is 5.32 Å². The fourth-order valence-electron chi connectivity index (χ4n) is 1.65. The van der Waals surface area contributed by atoms with Crippen molar-refractivity contribution in [2.45, 2.75) is 45.4 Å². The summed E-state index contributed by atoms with van der Waals surface area (Å²) in [6, 6.07) is 0. The van der Waals surface area contributed by atoms with E-state index in [-0.39, 0.29) is 12.3 Å². The van der Waals surface area contributed by atoms with E-state index in [4.69, 9.17) is 5.11 Å². The zero-order valence-electron chi connectivity index (χ0n) is 11.6. The lowest BCUT2D eigenvalue weighted by Crippen LogP contribution is -2.29. The molecule has 0 aliphatic heterocycles. The standard InChI is InChI=1S/C14H25NO3S/c1-2-3-4-5-6-7-8-12(14(17)18)11-13(16)15-9-10-19/h7-8,12,19H,2-6,9-11H2,1H3,(H,15,16)(H,17,18). The van der Waals surface area contributed by atoms with E-state index in [2.05, 4.69) is 24.9 Å². The number of unbranched alkanes of at least 4 members (excludes halogenated alkanes) is 4. The van der Waals surface area contributed by atoms with E-state index in [1.54, 1.807) is 6.08 Å². The summed E-state index contributed by atoms with van der Waals surface area (Å²) in [5.74, 6) is -1.37. The summed E-state index contributed by atoms with van der Waals surface area (Å²) in [6.45, 7) is 2.62. The van der Waals surface area contributed by atoms with Gasteiger partial charge in [-0.3, -0.25) is 9.59 Å². The van der Waals surface area contributed by atoms with Crippen molar-refractivity contribution >= 4 is 24.5 Å². The van der Waals surface area contributed by atoms with Gasteiger partial charge < -0.3 is 10.4 Å². The highest BCUT2D eigenvalue weighted by molar-refractivity contribution is 7.80. The summed E-state index contributed by atoms with van der Waals surface area (Å²) < 4.78 is 0. The minimum Gasteiger partial charge on any atom is -0.481 e. The van der Waals surface area contributed by atoms with Crippen LogP contribution in [-0.2, 0) is 9.59 Å². The Balaban J connectivity index is 4.01. The maximum atomic E-state index is 11.4. The zero-order valence-corrected chi connectivity index (χ0v) is 12.5. The van der Waals surface area contributed by atoms with Crippen LogP contribution in [0.5, 0.6) is 0 Å². The number of carbonyl (C=O) groups excluding carboxylic acids is 1. The second-order valence-electron chi connectivity index (χ2n) is 4.50.